The summed E-state index contributed by atoms with van der Waals surface area (Å²) in [7, 11) is 0. The largest absolute Gasteiger partial charge is 0.335 e. The first-order valence-electron chi connectivity index (χ1n) is 9.94. The van der Waals surface area contributed by atoms with Crippen LogP contribution in [0.1, 0.15) is 22.3 Å². The summed E-state index contributed by atoms with van der Waals surface area (Å²) >= 11 is 18.9. The van der Waals surface area contributed by atoms with E-state index in [1.807, 2.05) is 30.3 Å². The molecule has 1 aliphatic rings. The number of urea groups is 1. The van der Waals surface area contributed by atoms with Gasteiger partial charge in [0.15, 0.2) is 0 Å². The Kier molecular flexibility index (Phi) is 6.56. The Bertz CT molecular complexity index is 1330. The zero-order valence-electron chi connectivity index (χ0n) is 17.4. The lowest BCUT2D eigenvalue weighted by molar-refractivity contribution is -0.122. The van der Waals surface area contributed by atoms with Gasteiger partial charge in [-0.2, -0.15) is 0 Å². The van der Waals surface area contributed by atoms with Crippen molar-refractivity contribution in [2.24, 2.45) is 0 Å². The fourth-order valence-corrected chi connectivity index (χ4v) is 4.06. The fourth-order valence-electron chi connectivity index (χ4n) is 3.42. The van der Waals surface area contributed by atoms with Crippen LogP contribution in [0, 0.1) is 6.92 Å². The normalized spacial score (nSPS) is 15.2. The number of halogens is 3. The van der Waals surface area contributed by atoms with Gasteiger partial charge in [0, 0.05) is 21.5 Å². The number of benzene rings is 3. The lowest BCUT2D eigenvalue weighted by atomic mass is 10.0. The molecular formula is C25H17Cl3N2O3. The highest BCUT2D eigenvalue weighted by Gasteiger charge is 2.37. The van der Waals surface area contributed by atoms with Crippen LogP contribution in [0.25, 0.3) is 6.08 Å². The minimum absolute atomic E-state index is 0.193. The Morgan fingerprint density at radius 3 is 2.27 bits per heavy atom. The molecule has 0 bridgehead atoms. The van der Waals surface area contributed by atoms with Crippen LogP contribution in [0.3, 0.4) is 0 Å². The highest BCUT2D eigenvalue weighted by atomic mass is 35.5. The summed E-state index contributed by atoms with van der Waals surface area (Å²) in [6.45, 7) is 1.80. The molecule has 0 atom stereocenters. The number of hydrogen-bond donors (Lipinski definition) is 1. The number of anilines is 1. The van der Waals surface area contributed by atoms with Crippen molar-refractivity contribution >= 4 is 64.4 Å². The molecule has 0 unspecified atom stereocenters. The average molecular weight is 500 g/mol. The number of nitrogens with zero attached hydrogens (tertiary/aromatic N) is 1. The van der Waals surface area contributed by atoms with Crippen molar-refractivity contribution in [3.8, 4) is 0 Å². The summed E-state index contributed by atoms with van der Waals surface area (Å²) in [4.78, 5) is 38.8. The molecule has 1 fully saturated rings. The van der Waals surface area contributed by atoms with Crippen molar-refractivity contribution in [2.45, 2.75) is 13.3 Å². The maximum atomic E-state index is 13.1. The van der Waals surface area contributed by atoms with Crippen LogP contribution in [0.15, 0.2) is 66.2 Å². The van der Waals surface area contributed by atoms with Gasteiger partial charge in [0.25, 0.3) is 11.8 Å². The minimum atomic E-state index is -0.838. The maximum Gasteiger partial charge on any atom is 0.335 e. The first-order valence-corrected chi connectivity index (χ1v) is 11.1. The molecule has 4 amide bonds. The molecule has 4 rings (SSSR count). The third-order valence-corrected chi connectivity index (χ3v) is 6.37. The first kappa shape index (κ1) is 23.1. The average Bonchev–Trinajstić information content (AvgIpc) is 2.76. The van der Waals surface area contributed by atoms with Crippen molar-refractivity contribution in [3.63, 3.8) is 0 Å². The number of aryl methyl sites for hydroxylation is 1. The molecule has 1 heterocycles. The third kappa shape index (κ3) is 4.81. The second kappa shape index (κ2) is 9.40. The summed E-state index contributed by atoms with van der Waals surface area (Å²) in [5, 5.41) is 3.70. The summed E-state index contributed by atoms with van der Waals surface area (Å²) < 4.78 is 0. The first-order chi connectivity index (χ1) is 15.7. The van der Waals surface area contributed by atoms with Crippen LogP contribution in [0.2, 0.25) is 15.1 Å². The number of barbiturate groups is 1. The Morgan fingerprint density at radius 1 is 0.848 bits per heavy atom. The minimum Gasteiger partial charge on any atom is -0.273 e. The molecule has 0 aromatic heterocycles. The molecule has 0 spiro atoms. The van der Waals surface area contributed by atoms with Crippen LogP contribution in [-0.4, -0.2) is 17.8 Å². The van der Waals surface area contributed by atoms with E-state index in [4.69, 9.17) is 34.8 Å². The Morgan fingerprint density at radius 2 is 1.58 bits per heavy atom. The molecular weight excluding hydrogens is 483 g/mol. The highest BCUT2D eigenvalue weighted by molar-refractivity contribution is 6.39. The van der Waals surface area contributed by atoms with Crippen LogP contribution in [0.4, 0.5) is 10.5 Å². The second-order valence-corrected chi connectivity index (χ2v) is 8.73. The SMILES string of the molecule is Cc1ccc(N2C(=O)NC(=O)/C(=C\c3ccc(Cc4ccccc4Cl)c(Cl)c3)C2=O)cc1Cl. The molecule has 166 valence electrons. The van der Waals surface area contributed by atoms with Gasteiger partial charge in [-0.1, -0.05) is 71.2 Å². The van der Waals surface area contributed by atoms with E-state index in [9.17, 15) is 14.4 Å². The number of carbonyl (C=O) groups is 3. The summed E-state index contributed by atoms with van der Waals surface area (Å²) in [6.07, 6.45) is 1.93. The number of rotatable bonds is 4. The van der Waals surface area contributed by atoms with E-state index in [-0.39, 0.29) is 11.3 Å². The molecule has 1 saturated heterocycles. The fraction of sp³-hybridized carbons (Fsp3) is 0.0800. The summed E-state index contributed by atoms with van der Waals surface area (Å²) in [6, 6.07) is 16.6. The predicted octanol–water partition coefficient (Wildman–Crippen LogP) is 6.21. The number of amides is 4. The standard InChI is InChI=1S/C25H17Cl3N2O3/c1-14-6-9-18(13-21(14)27)30-24(32)19(23(31)29-25(30)33)10-15-7-8-17(22(28)11-15)12-16-4-2-3-5-20(16)26/h2-11,13H,12H2,1H3,(H,29,31,33)/b19-10+. The number of nitrogens with one attached hydrogen (secondary N) is 1. The molecule has 8 heteroatoms. The second-order valence-electron chi connectivity index (χ2n) is 7.51. The quantitative estimate of drug-likeness (QED) is 0.343. The summed E-state index contributed by atoms with van der Waals surface area (Å²) in [5.41, 5.74) is 3.18. The van der Waals surface area contributed by atoms with E-state index in [0.717, 1.165) is 21.6 Å². The molecule has 3 aromatic rings. The maximum absolute atomic E-state index is 13.1. The van der Waals surface area contributed by atoms with Gasteiger partial charge >= 0.3 is 6.03 Å². The van der Waals surface area contributed by atoms with E-state index < -0.39 is 17.8 Å². The van der Waals surface area contributed by atoms with Gasteiger partial charge < -0.3 is 0 Å². The molecule has 0 aliphatic carbocycles. The lowest BCUT2D eigenvalue weighted by Gasteiger charge is -2.26. The molecule has 3 aromatic carbocycles. The van der Waals surface area contributed by atoms with Gasteiger partial charge in [-0.25, -0.2) is 9.69 Å². The van der Waals surface area contributed by atoms with E-state index in [1.54, 1.807) is 31.2 Å². The molecule has 0 saturated carbocycles. The Labute approximate surface area is 205 Å². The van der Waals surface area contributed by atoms with E-state index in [2.05, 4.69) is 5.32 Å². The topological polar surface area (TPSA) is 66.5 Å². The lowest BCUT2D eigenvalue weighted by Crippen LogP contribution is -2.54. The van der Waals surface area contributed by atoms with Crippen LogP contribution < -0.4 is 10.2 Å². The number of carbonyl (C=O) groups excluding carboxylic acids is 3. The van der Waals surface area contributed by atoms with Crippen molar-refractivity contribution in [1.82, 2.24) is 5.32 Å². The van der Waals surface area contributed by atoms with Crippen molar-refractivity contribution < 1.29 is 14.4 Å². The highest BCUT2D eigenvalue weighted by Crippen LogP contribution is 2.28. The molecule has 5 nitrogen and oxygen atoms in total. The van der Waals surface area contributed by atoms with Crippen LogP contribution in [-0.2, 0) is 16.0 Å². The van der Waals surface area contributed by atoms with Gasteiger partial charge in [-0.3, -0.25) is 14.9 Å². The van der Waals surface area contributed by atoms with E-state index >= 15 is 0 Å². The predicted molar refractivity (Wildman–Crippen MR) is 131 cm³/mol. The van der Waals surface area contributed by atoms with Gasteiger partial charge in [-0.05, 0) is 59.5 Å². The van der Waals surface area contributed by atoms with Crippen molar-refractivity contribution in [1.29, 1.82) is 0 Å². The van der Waals surface area contributed by atoms with Gasteiger partial charge in [0.2, 0.25) is 0 Å². The summed E-state index contributed by atoms with van der Waals surface area (Å²) in [5.74, 6) is -1.53. The zero-order chi connectivity index (χ0) is 23.7. The Balaban J connectivity index is 1.64. The van der Waals surface area contributed by atoms with Gasteiger partial charge in [0.1, 0.15) is 5.57 Å². The van der Waals surface area contributed by atoms with Crippen molar-refractivity contribution in [2.75, 3.05) is 4.90 Å². The zero-order valence-corrected chi connectivity index (χ0v) is 19.6. The molecule has 33 heavy (non-hydrogen) atoms. The van der Waals surface area contributed by atoms with Gasteiger partial charge in [-0.15, -0.1) is 0 Å². The third-order valence-electron chi connectivity index (χ3n) is 5.24. The van der Waals surface area contributed by atoms with Crippen LogP contribution >= 0.6 is 34.8 Å². The monoisotopic (exact) mass is 498 g/mol. The van der Waals surface area contributed by atoms with E-state index in [1.165, 1.54) is 12.1 Å². The Hall–Kier alpha value is -3.12. The van der Waals surface area contributed by atoms with E-state index in [0.29, 0.717) is 27.1 Å². The number of hydrogen-bond acceptors (Lipinski definition) is 3. The smallest absolute Gasteiger partial charge is 0.273 e. The molecule has 1 aliphatic heterocycles. The molecule has 1 N–H and O–H groups in total. The van der Waals surface area contributed by atoms with Crippen molar-refractivity contribution in [3.05, 3.63) is 104 Å². The number of imide groups is 2. The van der Waals surface area contributed by atoms with Crippen LogP contribution in [0.5, 0.6) is 0 Å². The molecule has 0 radical (unpaired) electrons. The van der Waals surface area contributed by atoms with Gasteiger partial charge in [0.05, 0.1) is 5.69 Å².